The zero-order valence-electron chi connectivity index (χ0n) is 15.9. The van der Waals surface area contributed by atoms with Crippen LogP contribution in [0.3, 0.4) is 0 Å². The van der Waals surface area contributed by atoms with Gasteiger partial charge in [-0.05, 0) is 36.8 Å². The Morgan fingerprint density at radius 1 is 1.04 bits per heavy atom. The van der Waals surface area contributed by atoms with Gasteiger partial charge in [0.05, 0.1) is 12.4 Å². The first-order valence-corrected chi connectivity index (χ1v) is 12.0. The van der Waals surface area contributed by atoms with Crippen LogP contribution in [-0.2, 0) is 16.3 Å². The van der Waals surface area contributed by atoms with Crippen molar-refractivity contribution in [3.63, 3.8) is 0 Å². The summed E-state index contributed by atoms with van der Waals surface area (Å²) in [4.78, 5) is 0. The third kappa shape index (κ3) is 5.59. The molecule has 0 aliphatic carbocycles. The summed E-state index contributed by atoms with van der Waals surface area (Å²) in [6, 6.07) is 17.8. The highest BCUT2D eigenvalue weighted by molar-refractivity contribution is 8.00. The smallest absolute Gasteiger partial charge is 0.195 e. The second-order valence-corrected chi connectivity index (χ2v) is 9.62. The molecular weight excluding hydrogens is 394 g/mol. The molecule has 1 aromatic heterocycles. The van der Waals surface area contributed by atoms with Gasteiger partial charge in [-0.3, -0.25) is 4.57 Å². The lowest BCUT2D eigenvalue weighted by Gasteiger charge is -2.11. The minimum atomic E-state index is -3.02. The molecule has 0 N–H and O–H groups in total. The highest BCUT2D eigenvalue weighted by Gasteiger charge is 2.16. The first kappa shape index (κ1) is 20.4. The normalized spacial score (nSPS) is 11.5. The zero-order chi connectivity index (χ0) is 20.0. The minimum Gasteiger partial charge on any atom is -0.494 e. The predicted octanol–water partition coefficient (Wildman–Crippen LogP) is 3.39. The van der Waals surface area contributed by atoms with Gasteiger partial charge in [0, 0.05) is 24.1 Å². The van der Waals surface area contributed by atoms with E-state index in [9.17, 15) is 8.42 Å². The molecule has 28 heavy (non-hydrogen) atoms. The van der Waals surface area contributed by atoms with Crippen molar-refractivity contribution in [3.05, 3.63) is 66.0 Å². The molecule has 148 valence electrons. The summed E-state index contributed by atoms with van der Waals surface area (Å²) < 4.78 is 30.4. The average Bonchev–Trinajstić information content (AvgIpc) is 3.05. The fraction of sp³-hybridized carbons (Fsp3) is 0.300. The van der Waals surface area contributed by atoms with Crippen LogP contribution in [0, 0.1) is 0 Å². The number of benzene rings is 2. The number of sulfone groups is 1. The quantitative estimate of drug-likeness (QED) is 0.497. The molecule has 8 heteroatoms. The van der Waals surface area contributed by atoms with Crippen LogP contribution in [-0.4, -0.2) is 47.6 Å². The molecule has 0 aliphatic heterocycles. The number of nitrogens with zero attached hydrogens (tertiary/aromatic N) is 3. The molecule has 0 atom stereocenters. The minimum absolute atomic E-state index is 0.0990. The lowest BCUT2D eigenvalue weighted by Crippen LogP contribution is -2.07. The van der Waals surface area contributed by atoms with E-state index in [1.54, 1.807) is 0 Å². The topological polar surface area (TPSA) is 74.1 Å². The molecule has 0 saturated heterocycles. The van der Waals surface area contributed by atoms with Gasteiger partial charge < -0.3 is 4.74 Å². The Balaban J connectivity index is 1.91. The van der Waals surface area contributed by atoms with Gasteiger partial charge in [-0.15, -0.1) is 10.2 Å². The molecule has 0 spiro atoms. The molecule has 0 fully saturated rings. The van der Waals surface area contributed by atoms with Gasteiger partial charge in [-0.2, -0.15) is 0 Å². The van der Waals surface area contributed by atoms with Crippen molar-refractivity contribution in [2.75, 3.05) is 24.4 Å². The summed E-state index contributed by atoms with van der Waals surface area (Å²) in [5.74, 6) is 2.13. The van der Waals surface area contributed by atoms with Crippen LogP contribution >= 0.6 is 11.8 Å². The number of rotatable bonds is 9. The highest BCUT2D eigenvalue weighted by Crippen LogP contribution is 2.25. The Labute approximate surface area is 169 Å². The summed E-state index contributed by atoms with van der Waals surface area (Å²) in [5.41, 5.74) is 2.05. The molecule has 0 radical (unpaired) electrons. The molecule has 2 aromatic carbocycles. The standard InChI is InChI=1S/C20H23N3O3S2/c1-3-26-18-11-9-17(10-12-18)23-19(15-16-7-5-4-6-8-16)21-22-20(23)27-13-14-28(2,24)25/h4-12H,3,13-15H2,1-2H3. The van der Waals surface area contributed by atoms with Gasteiger partial charge in [0.15, 0.2) is 5.16 Å². The monoisotopic (exact) mass is 417 g/mol. The number of hydrogen-bond donors (Lipinski definition) is 0. The number of ether oxygens (including phenoxy) is 1. The summed E-state index contributed by atoms with van der Waals surface area (Å²) in [6.07, 6.45) is 1.87. The second-order valence-electron chi connectivity index (χ2n) is 6.30. The molecule has 6 nitrogen and oxygen atoms in total. The molecule has 0 aliphatic rings. The Morgan fingerprint density at radius 3 is 2.39 bits per heavy atom. The first-order valence-electron chi connectivity index (χ1n) is 8.98. The zero-order valence-corrected chi connectivity index (χ0v) is 17.5. The van der Waals surface area contributed by atoms with Crippen molar-refractivity contribution in [1.29, 1.82) is 0 Å². The van der Waals surface area contributed by atoms with Crippen molar-refractivity contribution >= 4 is 21.6 Å². The Bertz CT molecular complexity index is 1000. The fourth-order valence-corrected chi connectivity index (χ4v) is 4.85. The van der Waals surface area contributed by atoms with Gasteiger partial charge in [-0.25, -0.2) is 8.42 Å². The van der Waals surface area contributed by atoms with Crippen LogP contribution in [0.15, 0.2) is 59.8 Å². The number of thioether (sulfide) groups is 1. The van der Waals surface area contributed by atoms with E-state index in [1.807, 2.05) is 66.1 Å². The van der Waals surface area contributed by atoms with E-state index >= 15 is 0 Å². The van der Waals surface area contributed by atoms with Crippen LogP contribution in [0.25, 0.3) is 5.69 Å². The number of aromatic nitrogens is 3. The lowest BCUT2D eigenvalue weighted by atomic mass is 10.1. The van der Waals surface area contributed by atoms with Crippen molar-refractivity contribution in [2.45, 2.75) is 18.5 Å². The molecule has 0 unspecified atom stereocenters. The van der Waals surface area contributed by atoms with Crippen molar-refractivity contribution in [2.24, 2.45) is 0 Å². The molecular formula is C20H23N3O3S2. The van der Waals surface area contributed by atoms with E-state index in [-0.39, 0.29) is 5.75 Å². The molecule has 3 rings (SSSR count). The maximum atomic E-state index is 11.5. The second kappa shape index (κ2) is 9.25. The van der Waals surface area contributed by atoms with Crippen LogP contribution in [0.4, 0.5) is 0 Å². The van der Waals surface area contributed by atoms with Gasteiger partial charge in [0.25, 0.3) is 0 Å². The van der Waals surface area contributed by atoms with E-state index in [0.717, 1.165) is 22.8 Å². The Hall–Kier alpha value is -2.32. The summed E-state index contributed by atoms with van der Waals surface area (Å²) in [7, 11) is -3.02. The summed E-state index contributed by atoms with van der Waals surface area (Å²) >= 11 is 1.39. The third-order valence-electron chi connectivity index (χ3n) is 4.00. The van der Waals surface area contributed by atoms with Crippen LogP contribution < -0.4 is 4.74 Å². The van der Waals surface area contributed by atoms with E-state index < -0.39 is 9.84 Å². The van der Waals surface area contributed by atoms with Crippen molar-refractivity contribution < 1.29 is 13.2 Å². The maximum Gasteiger partial charge on any atom is 0.195 e. The average molecular weight is 418 g/mol. The van der Waals surface area contributed by atoms with Crippen LogP contribution in [0.1, 0.15) is 18.3 Å². The van der Waals surface area contributed by atoms with Gasteiger partial charge in [0.2, 0.25) is 0 Å². The molecule has 0 amide bonds. The largest absolute Gasteiger partial charge is 0.494 e. The molecule has 1 heterocycles. The van der Waals surface area contributed by atoms with Crippen LogP contribution in [0.5, 0.6) is 5.75 Å². The summed E-state index contributed by atoms with van der Waals surface area (Å²) in [6.45, 7) is 2.56. The summed E-state index contributed by atoms with van der Waals surface area (Å²) in [5, 5.41) is 9.37. The van der Waals surface area contributed by atoms with Gasteiger partial charge in [-0.1, -0.05) is 42.1 Å². The SMILES string of the molecule is CCOc1ccc(-n2c(Cc3ccccc3)nnc2SCCS(C)(=O)=O)cc1. The van der Waals surface area contributed by atoms with E-state index in [4.69, 9.17) is 4.74 Å². The van der Waals surface area contributed by atoms with Crippen molar-refractivity contribution in [3.8, 4) is 11.4 Å². The lowest BCUT2D eigenvalue weighted by molar-refractivity contribution is 0.340. The molecule has 0 bridgehead atoms. The number of hydrogen-bond acceptors (Lipinski definition) is 6. The molecule has 0 saturated carbocycles. The first-order chi connectivity index (χ1) is 13.5. The van der Waals surface area contributed by atoms with E-state index in [1.165, 1.54) is 18.0 Å². The Kier molecular flexibility index (Phi) is 6.74. The predicted molar refractivity (Wildman–Crippen MR) is 112 cm³/mol. The highest BCUT2D eigenvalue weighted by atomic mass is 32.2. The van der Waals surface area contributed by atoms with Gasteiger partial charge >= 0.3 is 0 Å². The van der Waals surface area contributed by atoms with Crippen molar-refractivity contribution in [1.82, 2.24) is 14.8 Å². The Morgan fingerprint density at radius 2 is 1.75 bits per heavy atom. The third-order valence-corrected chi connectivity index (χ3v) is 6.13. The van der Waals surface area contributed by atoms with E-state index in [0.29, 0.717) is 23.9 Å². The van der Waals surface area contributed by atoms with E-state index in [2.05, 4.69) is 10.2 Å². The van der Waals surface area contributed by atoms with Crippen LogP contribution in [0.2, 0.25) is 0 Å². The molecule has 3 aromatic rings. The van der Waals surface area contributed by atoms with Gasteiger partial charge in [0.1, 0.15) is 21.4 Å². The maximum absolute atomic E-state index is 11.5. The fourth-order valence-electron chi connectivity index (χ4n) is 2.69.